The van der Waals surface area contributed by atoms with Gasteiger partial charge in [0.2, 0.25) is 5.91 Å². The van der Waals surface area contributed by atoms with Gasteiger partial charge in [0.1, 0.15) is 29.2 Å². The number of hydrogen-bond donors (Lipinski definition) is 1. The van der Waals surface area contributed by atoms with Gasteiger partial charge >= 0.3 is 6.09 Å². The van der Waals surface area contributed by atoms with Gasteiger partial charge in [0, 0.05) is 12.5 Å². The molecule has 1 aliphatic rings. The number of aryl methyl sites for hydroxylation is 1. The minimum absolute atomic E-state index is 0.0112. The van der Waals surface area contributed by atoms with Crippen molar-refractivity contribution in [2.24, 2.45) is 5.92 Å². The quantitative estimate of drug-likeness (QED) is 0.365. The number of alkyl carbamates (subject to hydrolysis) is 1. The van der Waals surface area contributed by atoms with Crippen molar-refractivity contribution in [3.8, 4) is 11.5 Å². The zero-order chi connectivity index (χ0) is 27.7. The summed E-state index contributed by atoms with van der Waals surface area (Å²) in [6.45, 7) is 12.4. The second kappa shape index (κ2) is 13.5. The SMILES string of the molecule is CCc1ccccc1OCCC[C@@H]1C[C@H](Oc2ccccc2)CN1C(=O)[C@@H](NC(=O)OC(C)(C)C)C(C)C. The van der Waals surface area contributed by atoms with Crippen LogP contribution in [0.15, 0.2) is 54.6 Å². The smallest absolute Gasteiger partial charge is 0.408 e. The molecule has 1 aliphatic heterocycles. The van der Waals surface area contributed by atoms with E-state index in [-0.39, 0.29) is 24.0 Å². The summed E-state index contributed by atoms with van der Waals surface area (Å²) in [5.41, 5.74) is 0.546. The van der Waals surface area contributed by atoms with Gasteiger partial charge in [-0.2, -0.15) is 0 Å². The normalized spacial score (nSPS) is 18.2. The van der Waals surface area contributed by atoms with E-state index in [0.29, 0.717) is 13.2 Å². The van der Waals surface area contributed by atoms with Crippen molar-refractivity contribution in [3.63, 3.8) is 0 Å². The topological polar surface area (TPSA) is 77.1 Å². The van der Waals surface area contributed by atoms with Gasteiger partial charge in [0.25, 0.3) is 0 Å². The van der Waals surface area contributed by atoms with Gasteiger partial charge in [-0.25, -0.2) is 4.79 Å². The summed E-state index contributed by atoms with van der Waals surface area (Å²) >= 11 is 0. The van der Waals surface area contributed by atoms with Crippen molar-refractivity contribution < 1.29 is 23.8 Å². The molecule has 0 unspecified atom stereocenters. The third-order valence-electron chi connectivity index (χ3n) is 6.60. The maximum atomic E-state index is 13.8. The van der Waals surface area contributed by atoms with E-state index < -0.39 is 17.7 Å². The Morgan fingerprint density at radius 3 is 2.39 bits per heavy atom. The number of rotatable bonds is 11. The van der Waals surface area contributed by atoms with E-state index >= 15 is 0 Å². The summed E-state index contributed by atoms with van der Waals surface area (Å²) in [7, 11) is 0. The van der Waals surface area contributed by atoms with Gasteiger partial charge in [0.05, 0.1) is 13.2 Å². The molecule has 0 bridgehead atoms. The molecule has 1 fully saturated rings. The lowest BCUT2D eigenvalue weighted by atomic mass is 10.0. The minimum Gasteiger partial charge on any atom is -0.493 e. The molecule has 1 N–H and O–H groups in total. The molecular formula is C31H44N2O5. The molecule has 0 aliphatic carbocycles. The van der Waals surface area contributed by atoms with Gasteiger partial charge in [0.15, 0.2) is 0 Å². The third kappa shape index (κ3) is 8.67. The molecule has 38 heavy (non-hydrogen) atoms. The lowest BCUT2D eigenvalue weighted by Gasteiger charge is -2.31. The molecular weight excluding hydrogens is 480 g/mol. The summed E-state index contributed by atoms with van der Waals surface area (Å²) in [5, 5.41) is 2.82. The van der Waals surface area contributed by atoms with Crippen LogP contribution >= 0.6 is 0 Å². The number of nitrogens with zero attached hydrogens (tertiary/aromatic N) is 1. The Morgan fingerprint density at radius 1 is 1.05 bits per heavy atom. The van der Waals surface area contributed by atoms with Crippen LogP contribution in [0.5, 0.6) is 11.5 Å². The van der Waals surface area contributed by atoms with Crippen molar-refractivity contribution in [2.45, 2.75) is 91.0 Å². The summed E-state index contributed by atoms with van der Waals surface area (Å²) in [4.78, 5) is 28.2. The highest BCUT2D eigenvalue weighted by molar-refractivity contribution is 5.86. The van der Waals surface area contributed by atoms with Crippen molar-refractivity contribution in [3.05, 3.63) is 60.2 Å². The predicted molar refractivity (Wildman–Crippen MR) is 150 cm³/mol. The van der Waals surface area contributed by atoms with Crippen LogP contribution < -0.4 is 14.8 Å². The van der Waals surface area contributed by atoms with Gasteiger partial charge in [-0.1, -0.05) is 57.2 Å². The van der Waals surface area contributed by atoms with Gasteiger partial charge in [-0.15, -0.1) is 0 Å². The molecule has 7 nitrogen and oxygen atoms in total. The molecule has 0 aromatic heterocycles. The van der Waals surface area contributed by atoms with Crippen LogP contribution in [0.25, 0.3) is 0 Å². The molecule has 3 atom stereocenters. The molecule has 2 aromatic carbocycles. The molecule has 1 saturated heterocycles. The first-order valence-electron chi connectivity index (χ1n) is 13.8. The molecule has 0 spiro atoms. The minimum atomic E-state index is -0.685. The summed E-state index contributed by atoms with van der Waals surface area (Å²) in [6.07, 6.45) is 2.52. The number of hydrogen-bond acceptors (Lipinski definition) is 5. The second-order valence-corrected chi connectivity index (χ2v) is 11.3. The average molecular weight is 525 g/mol. The highest BCUT2D eigenvalue weighted by atomic mass is 16.6. The van der Waals surface area contributed by atoms with Crippen LogP contribution in [-0.2, 0) is 16.0 Å². The number of carbonyl (C=O) groups is 2. The first kappa shape index (κ1) is 29.3. The number of para-hydroxylation sites is 2. The van der Waals surface area contributed by atoms with Crippen molar-refractivity contribution in [2.75, 3.05) is 13.2 Å². The lowest BCUT2D eigenvalue weighted by Crippen LogP contribution is -2.53. The van der Waals surface area contributed by atoms with Crippen LogP contribution in [0, 0.1) is 5.92 Å². The van der Waals surface area contributed by atoms with Crippen LogP contribution in [-0.4, -0.2) is 53.8 Å². The molecule has 1 heterocycles. The van der Waals surface area contributed by atoms with Gasteiger partial charge in [-0.3, -0.25) is 4.79 Å². The lowest BCUT2D eigenvalue weighted by molar-refractivity contribution is -0.135. The van der Waals surface area contributed by atoms with Crippen molar-refractivity contribution >= 4 is 12.0 Å². The maximum absolute atomic E-state index is 13.8. The maximum Gasteiger partial charge on any atom is 0.408 e. The number of benzene rings is 2. The zero-order valence-electron chi connectivity index (χ0n) is 23.7. The highest BCUT2D eigenvalue weighted by Gasteiger charge is 2.40. The van der Waals surface area contributed by atoms with Crippen LogP contribution in [0.1, 0.15) is 66.4 Å². The molecule has 0 saturated carbocycles. The van der Waals surface area contributed by atoms with Crippen LogP contribution in [0.4, 0.5) is 4.79 Å². The largest absolute Gasteiger partial charge is 0.493 e. The van der Waals surface area contributed by atoms with Crippen molar-refractivity contribution in [1.82, 2.24) is 10.2 Å². The van der Waals surface area contributed by atoms with E-state index in [1.165, 1.54) is 5.56 Å². The zero-order valence-corrected chi connectivity index (χ0v) is 23.7. The Morgan fingerprint density at radius 2 is 1.74 bits per heavy atom. The number of nitrogens with one attached hydrogen (secondary N) is 1. The Balaban J connectivity index is 1.68. The summed E-state index contributed by atoms with van der Waals surface area (Å²) in [6, 6.07) is 17.1. The van der Waals surface area contributed by atoms with Crippen molar-refractivity contribution in [1.29, 1.82) is 0 Å². The summed E-state index contributed by atoms with van der Waals surface area (Å²) in [5.74, 6) is 1.50. The molecule has 3 rings (SSSR count). The van der Waals surface area contributed by atoms with Crippen LogP contribution in [0.2, 0.25) is 0 Å². The Bertz CT molecular complexity index is 1030. The number of likely N-dealkylation sites (tertiary alicyclic amines) is 1. The first-order chi connectivity index (χ1) is 18.1. The predicted octanol–water partition coefficient (Wildman–Crippen LogP) is 6.01. The fourth-order valence-electron chi connectivity index (χ4n) is 4.76. The average Bonchev–Trinajstić information content (AvgIpc) is 3.26. The van der Waals surface area contributed by atoms with E-state index in [1.807, 2.05) is 88.0 Å². The van der Waals surface area contributed by atoms with Gasteiger partial charge in [-0.05, 0) is 69.7 Å². The first-order valence-corrected chi connectivity index (χ1v) is 13.8. The van der Waals surface area contributed by atoms with E-state index in [4.69, 9.17) is 14.2 Å². The second-order valence-electron chi connectivity index (χ2n) is 11.3. The van der Waals surface area contributed by atoms with E-state index in [9.17, 15) is 9.59 Å². The van der Waals surface area contributed by atoms with E-state index in [1.54, 1.807) is 0 Å². The fraction of sp³-hybridized carbons (Fsp3) is 0.548. The Hall–Kier alpha value is -3.22. The standard InChI is InChI=1S/C31H44N2O5/c1-7-23-14-11-12-18-27(23)36-19-13-15-24-20-26(37-25-16-9-8-10-17-25)21-33(24)29(34)28(22(2)3)32-30(35)38-31(4,5)6/h8-12,14,16-18,22,24,26,28H,7,13,15,19-21H2,1-6H3,(H,32,35)/t24-,26+,28+/m1/s1. The number of amides is 2. The molecule has 7 heteroatoms. The fourth-order valence-corrected chi connectivity index (χ4v) is 4.76. The molecule has 2 aromatic rings. The van der Waals surface area contributed by atoms with Gasteiger partial charge < -0.3 is 24.4 Å². The number of ether oxygens (including phenoxy) is 3. The Kier molecular flexibility index (Phi) is 10.5. The van der Waals surface area contributed by atoms with E-state index in [0.717, 1.165) is 37.2 Å². The van der Waals surface area contributed by atoms with Crippen LogP contribution in [0.3, 0.4) is 0 Å². The number of carbonyl (C=O) groups excluding carboxylic acids is 2. The third-order valence-corrected chi connectivity index (χ3v) is 6.60. The highest BCUT2D eigenvalue weighted by Crippen LogP contribution is 2.28. The molecule has 0 radical (unpaired) electrons. The van der Waals surface area contributed by atoms with E-state index in [2.05, 4.69) is 18.3 Å². The summed E-state index contributed by atoms with van der Waals surface area (Å²) < 4.78 is 17.8. The molecule has 208 valence electrons. The molecule has 2 amide bonds. The Labute approximate surface area is 227 Å². The monoisotopic (exact) mass is 524 g/mol.